The van der Waals surface area contributed by atoms with Crippen molar-refractivity contribution in [2.24, 2.45) is 5.92 Å². The first-order chi connectivity index (χ1) is 19.5. The third-order valence-corrected chi connectivity index (χ3v) is 8.73. The van der Waals surface area contributed by atoms with Crippen molar-refractivity contribution in [3.05, 3.63) is 108 Å². The van der Waals surface area contributed by atoms with Crippen LogP contribution >= 0.6 is 7.37 Å². The minimum Gasteiger partial charge on any atom is -0.480 e. The number of aliphatic carboxylic acids is 1. The molecule has 2 amide bonds. The van der Waals surface area contributed by atoms with Gasteiger partial charge in [-0.3, -0.25) is 9.36 Å². The molecule has 0 saturated carbocycles. The molecule has 218 valence electrons. The Labute approximate surface area is 238 Å². The van der Waals surface area contributed by atoms with Gasteiger partial charge in [0.15, 0.2) is 6.04 Å². The predicted molar refractivity (Wildman–Crippen MR) is 153 cm³/mol. The molecule has 10 nitrogen and oxygen atoms in total. The lowest BCUT2D eigenvalue weighted by Crippen LogP contribution is -2.50. The van der Waals surface area contributed by atoms with Gasteiger partial charge in [0.1, 0.15) is 12.4 Å². The van der Waals surface area contributed by atoms with Gasteiger partial charge in [0.25, 0.3) is 0 Å². The van der Waals surface area contributed by atoms with E-state index in [1.54, 1.807) is 84.9 Å². The van der Waals surface area contributed by atoms with E-state index in [0.29, 0.717) is 11.1 Å². The fraction of sp³-hybridized carbons (Fsp3) is 0.300. The second-order valence-corrected chi connectivity index (χ2v) is 12.3. The molecule has 0 aliphatic rings. The van der Waals surface area contributed by atoms with Gasteiger partial charge in [-0.25, -0.2) is 9.59 Å². The number of benzene rings is 3. The number of rotatable bonds is 14. The number of alkyl carbamates (subject to hydrolysis) is 1. The summed E-state index contributed by atoms with van der Waals surface area (Å²) in [6, 6.07) is 24.9. The van der Waals surface area contributed by atoms with Crippen molar-refractivity contribution in [3.63, 3.8) is 0 Å². The molecular formula is C30H35N2O8P. The van der Waals surface area contributed by atoms with Crippen molar-refractivity contribution in [2.75, 3.05) is 6.16 Å². The highest BCUT2D eigenvalue weighted by atomic mass is 31.2. The van der Waals surface area contributed by atoms with Crippen LogP contribution in [0.1, 0.15) is 23.6 Å². The Morgan fingerprint density at radius 1 is 0.805 bits per heavy atom. The summed E-state index contributed by atoms with van der Waals surface area (Å²) in [7, 11) is -4.34. The van der Waals surface area contributed by atoms with Crippen LogP contribution in [0, 0.1) is 5.92 Å². The molecular weight excluding hydrogens is 547 g/mol. The Morgan fingerprint density at radius 2 is 1.29 bits per heavy atom. The lowest BCUT2D eigenvalue weighted by Gasteiger charge is -2.28. The summed E-state index contributed by atoms with van der Waals surface area (Å²) in [5, 5.41) is 24.1. The summed E-state index contributed by atoms with van der Waals surface area (Å²) in [5.74, 6) is -4.69. The SMILES string of the molecule is CC(O)[C@@H](NC(=O)C(Cc1ccccc1)CP(=O)(O)[C@H](Cc1ccccc1)NC(=O)OCc1ccccc1)C(=O)O. The molecule has 0 aliphatic carbocycles. The zero-order chi connectivity index (χ0) is 29.8. The van der Waals surface area contributed by atoms with Crippen LogP contribution in [0.4, 0.5) is 4.79 Å². The standard InChI is InChI=1S/C30H35N2O8P/c1-21(33)27(29(35)36)32-28(34)25(17-22-11-5-2-6-12-22)20-41(38,39)26(18-23-13-7-3-8-14-23)31-30(37)40-19-24-15-9-4-10-16-24/h2-16,21,25-27,33H,17-20H2,1H3,(H,31,37)(H,32,34)(H,35,36)(H,38,39)/t21?,25?,26-,27-/m1/s1. The summed E-state index contributed by atoms with van der Waals surface area (Å²) in [6.07, 6.45) is -2.84. The van der Waals surface area contributed by atoms with Crippen LogP contribution in [0.5, 0.6) is 0 Å². The lowest BCUT2D eigenvalue weighted by molar-refractivity contribution is -0.145. The number of carboxylic acids is 1. The first-order valence-electron chi connectivity index (χ1n) is 13.1. The summed E-state index contributed by atoms with van der Waals surface area (Å²) in [6.45, 7) is 1.18. The molecule has 0 fully saturated rings. The molecule has 3 aromatic carbocycles. The fourth-order valence-corrected chi connectivity index (χ4v) is 6.26. The van der Waals surface area contributed by atoms with Gasteiger partial charge in [0.05, 0.1) is 12.0 Å². The third-order valence-electron chi connectivity index (χ3n) is 6.48. The van der Waals surface area contributed by atoms with Crippen LogP contribution in [-0.4, -0.2) is 57.2 Å². The van der Waals surface area contributed by atoms with Crippen LogP contribution in [0.3, 0.4) is 0 Å². The molecule has 5 atom stereocenters. The molecule has 0 heterocycles. The van der Waals surface area contributed by atoms with Gasteiger partial charge >= 0.3 is 12.1 Å². The highest BCUT2D eigenvalue weighted by Crippen LogP contribution is 2.48. The van der Waals surface area contributed by atoms with Crippen molar-refractivity contribution >= 4 is 25.3 Å². The van der Waals surface area contributed by atoms with E-state index in [9.17, 15) is 34.1 Å². The zero-order valence-electron chi connectivity index (χ0n) is 22.6. The first kappa shape index (κ1) is 31.5. The number of aliphatic hydroxyl groups excluding tert-OH is 1. The highest BCUT2D eigenvalue weighted by Gasteiger charge is 2.39. The molecule has 0 saturated heterocycles. The van der Waals surface area contributed by atoms with Gasteiger partial charge in [0.2, 0.25) is 13.3 Å². The second-order valence-electron chi connectivity index (χ2n) is 9.80. The van der Waals surface area contributed by atoms with Crippen LogP contribution in [0.2, 0.25) is 0 Å². The van der Waals surface area contributed by atoms with Gasteiger partial charge in [-0.1, -0.05) is 91.0 Å². The molecule has 0 spiro atoms. The van der Waals surface area contributed by atoms with E-state index in [0.717, 1.165) is 5.56 Å². The molecule has 11 heteroatoms. The van der Waals surface area contributed by atoms with Gasteiger partial charge in [0, 0.05) is 12.6 Å². The van der Waals surface area contributed by atoms with E-state index in [4.69, 9.17) is 4.74 Å². The Morgan fingerprint density at radius 3 is 1.78 bits per heavy atom. The number of carbonyl (C=O) groups excluding carboxylic acids is 2. The van der Waals surface area contributed by atoms with Crippen molar-refractivity contribution in [2.45, 2.75) is 44.3 Å². The summed E-state index contributed by atoms with van der Waals surface area (Å²) < 4.78 is 19.2. The Bertz CT molecular complexity index is 1320. The maximum absolute atomic E-state index is 13.9. The average molecular weight is 583 g/mol. The monoisotopic (exact) mass is 582 g/mol. The van der Waals surface area contributed by atoms with Gasteiger partial charge in [-0.15, -0.1) is 0 Å². The summed E-state index contributed by atoms with van der Waals surface area (Å²) >= 11 is 0. The van der Waals surface area contributed by atoms with Crippen LogP contribution in [-0.2, 0) is 38.3 Å². The largest absolute Gasteiger partial charge is 0.480 e. The van der Waals surface area contributed by atoms with Crippen molar-refractivity contribution in [1.82, 2.24) is 10.6 Å². The number of carboxylic acid groups (broad SMARTS) is 1. The van der Waals surface area contributed by atoms with Crippen molar-refractivity contribution in [1.29, 1.82) is 0 Å². The normalized spacial score (nSPS) is 15.4. The average Bonchev–Trinajstić information content (AvgIpc) is 2.95. The van der Waals surface area contributed by atoms with Crippen molar-refractivity contribution < 1.29 is 38.8 Å². The van der Waals surface area contributed by atoms with E-state index in [1.807, 2.05) is 6.07 Å². The van der Waals surface area contributed by atoms with E-state index >= 15 is 0 Å². The number of ether oxygens (including phenoxy) is 1. The smallest absolute Gasteiger partial charge is 0.408 e. The summed E-state index contributed by atoms with van der Waals surface area (Å²) in [4.78, 5) is 49.0. The van der Waals surface area contributed by atoms with E-state index in [1.165, 1.54) is 6.92 Å². The van der Waals surface area contributed by atoms with Gasteiger partial charge < -0.3 is 30.5 Å². The molecule has 3 rings (SSSR count). The van der Waals surface area contributed by atoms with E-state index < -0.39 is 55.3 Å². The Balaban J connectivity index is 1.85. The summed E-state index contributed by atoms with van der Waals surface area (Å²) in [5.41, 5.74) is 2.10. The molecule has 3 aromatic rings. The van der Waals surface area contributed by atoms with Gasteiger partial charge in [-0.2, -0.15) is 0 Å². The molecule has 0 aliphatic heterocycles. The molecule has 0 radical (unpaired) electrons. The lowest BCUT2D eigenvalue weighted by atomic mass is 9.99. The van der Waals surface area contributed by atoms with Crippen LogP contribution < -0.4 is 10.6 Å². The molecule has 0 aromatic heterocycles. The highest BCUT2D eigenvalue weighted by molar-refractivity contribution is 7.58. The molecule has 5 N–H and O–H groups in total. The molecule has 0 bridgehead atoms. The predicted octanol–water partition coefficient (Wildman–Crippen LogP) is 3.56. The zero-order valence-corrected chi connectivity index (χ0v) is 23.5. The maximum Gasteiger partial charge on any atom is 0.408 e. The maximum atomic E-state index is 13.9. The van der Waals surface area contributed by atoms with Crippen molar-refractivity contribution in [3.8, 4) is 0 Å². The fourth-order valence-electron chi connectivity index (χ4n) is 4.27. The number of amides is 2. The first-order valence-corrected chi connectivity index (χ1v) is 15.0. The Kier molecular flexibility index (Phi) is 11.6. The van der Waals surface area contributed by atoms with Crippen LogP contribution in [0.15, 0.2) is 91.0 Å². The molecule has 41 heavy (non-hydrogen) atoms. The quantitative estimate of drug-likeness (QED) is 0.180. The number of hydrogen-bond donors (Lipinski definition) is 5. The second kappa shape index (κ2) is 15.1. The minimum absolute atomic E-state index is 0.0137. The third kappa shape index (κ3) is 10.2. The number of aliphatic hydroxyl groups is 1. The number of carbonyl (C=O) groups is 3. The van der Waals surface area contributed by atoms with Gasteiger partial charge in [-0.05, 0) is 30.0 Å². The molecule has 3 unspecified atom stereocenters. The van der Waals surface area contributed by atoms with E-state index in [2.05, 4.69) is 10.6 Å². The number of hydrogen-bond acceptors (Lipinski definition) is 6. The topological polar surface area (TPSA) is 162 Å². The number of nitrogens with one attached hydrogen (secondary N) is 2. The van der Waals surface area contributed by atoms with E-state index in [-0.39, 0.29) is 19.4 Å². The Hall–Kier alpha value is -3.98. The minimum atomic E-state index is -4.34. The van der Waals surface area contributed by atoms with Crippen LogP contribution in [0.25, 0.3) is 0 Å².